The van der Waals surface area contributed by atoms with Crippen LogP contribution in [0.15, 0.2) is 48.8 Å². The number of methoxy groups -OCH3 is 1. The minimum Gasteiger partial charge on any atom is -0.497 e. The summed E-state index contributed by atoms with van der Waals surface area (Å²) in [5, 5.41) is 12.0. The van der Waals surface area contributed by atoms with E-state index in [1.165, 1.54) is 4.90 Å². The van der Waals surface area contributed by atoms with Gasteiger partial charge in [-0.3, -0.25) is 4.98 Å². The number of hydrogen-bond acceptors (Lipinski definition) is 4. The smallest absolute Gasteiger partial charge is 0.322 e. The molecule has 2 aromatic rings. The Morgan fingerprint density at radius 3 is 2.91 bits per heavy atom. The summed E-state index contributed by atoms with van der Waals surface area (Å²) >= 11 is 0. The highest BCUT2D eigenvalue weighted by Gasteiger charge is 2.14. The summed E-state index contributed by atoms with van der Waals surface area (Å²) < 4.78 is 5.13. The second-order valence-corrected chi connectivity index (χ2v) is 4.67. The Balaban J connectivity index is 2.05. The molecule has 0 saturated heterocycles. The third-order valence-electron chi connectivity index (χ3n) is 3.07. The monoisotopic (exact) mass is 301 g/mol. The summed E-state index contributed by atoms with van der Waals surface area (Å²) in [6.45, 7) is 0.515. The molecule has 0 aliphatic rings. The number of carbonyl (C=O) groups is 1. The van der Waals surface area contributed by atoms with Gasteiger partial charge in [0.05, 0.1) is 13.7 Å². The maximum absolute atomic E-state index is 12.3. The van der Waals surface area contributed by atoms with Crippen LogP contribution in [0.5, 0.6) is 5.75 Å². The molecule has 0 aliphatic heterocycles. The molecule has 6 heteroatoms. The number of aliphatic hydroxyl groups excluding tert-OH is 1. The van der Waals surface area contributed by atoms with Crippen LogP contribution in [0, 0.1) is 0 Å². The average Bonchev–Trinajstić information content (AvgIpc) is 2.55. The SMILES string of the molecule is COc1cccc(NC(=O)N(CCO)Cc2cccnc2)c1. The molecule has 116 valence electrons. The normalized spacial score (nSPS) is 10.1. The minimum atomic E-state index is -0.286. The topological polar surface area (TPSA) is 74.7 Å². The summed E-state index contributed by atoms with van der Waals surface area (Å²) in [4.78, 5) is 17.9. The standard InChI is InChI=1S/C16H19N3O3/c1-22-15-6-2-5-14(10-15)18-16(21)19(8-9-20)12-13-4-3-7-17-11-13/h2-7,10-11,20H,8-9,12H2,1H3,(H,18,21). The van der Waals surface area contributed by atoms with Crippen molar-refractivity contribution in [2.24, 2.45) is 0 Å². The number of carbonyl (C=O) groups excluding carboxylic acids is 1. The summed E-state index contributed by atoms with van der Waals surface area (Å²) in [5.41, 5.74) is 1.54. The molecule has 0 unspecified atom stereocenters. The molecule has 1 aromatic carbocycles. The maximum Gasteiger partial charge on any atom is 0.322 e. The molecule has 6 nitrogen and oxygen atoms in total. The number of amides is 2. The van der Waals surface area contributed by atoms with Gasteiger partial charge in [0, 0.05) is 37.2 Å². The Kier molecular flexibility index (Phi) is 5.73. The quantitative estimate of drug-likeness (QED) is 0.857. The van der Waals surface area contributed by atoms with Crippen molar-refractivity contribution in [3.05, 3.63) is 54.4 Å². The van der Waals surface area contributed by atoms with Crippen LogP contribution in [0.25, 0.3) is 0 Å². The van der Waals surface area contributed by atoms with E-state index in [4.69, 9.17) is 9.84 Å². The van der Waals surface area contributed by atoms with Crippen LogP contribution < -0.4 is 10.1 Å². The minimum absolute atomic E-state index is 0.105. The molecule has 0 bridgehead atoms. The highest BCUT2D eigenvalue weighted by molar-refractivity contribution is 5.89. The van der Waals surface area contributed by atoms with Gasteiger partial charge in [0.15, 0.2) is 0 Å². The number of benzene rings is 1. The Morgan fingerprint density at radius 1 is 1.36 bits per heavy atom. The molecule has 1 aromatic heterocycles. The number of rotatable bonds is 6. The van der Waals surface area contributed by atoms with Gasteiger partial charge >= 0.3 is 6.03 Å². The van der Waals surface area contributed by atoms with Crippen molar-refractivity contribution in [3.8, 4) is 5.75 Å². The van der Waals surface area contributed by atoms with E-state index >= 15 is 0 Å². The van der Waals surface area contributed by atoms with Gasteiger partial charge in [0.1, 0.15) is 5.75 Å². The molecule has 0 aliphatic carbocycles. The number of urea groups is 1. The van der Waals surface area contributed by atoms with Crippen molar-refractivity contribution in [3.63, 3.8) is 0 Å². The molecule has 22 heavy (non-hydrogen) atoms. The highest BCUT2D eigenvalue weighted by atomic mass is 16.5. The fourth-order valence-corrected chi connectivity index (χ4v) is 1.99. The number of anilines is 1. The molecular weight excluding hydrogens is 282 g/mol. The first-order valence-corrected chi connectivity index (χ1v) is 6.92. The van der Waals surface area contributed by atoms with E-state index < -0.39 is 0 Å². The zero-order chi connectivity index (χ0) is 15.8. The first-order chi connectivity index (χ1) is 10.7. The van der Waals surface area contributed by atoms with Crippen molar-refractivity contribution in [1.82, 2.24) is 9.88 Å². The molecule has 0 fully saturated rings. The van der Waals surface area contributed by atoms with Crippen LogP contribution in [-0.2, 0) is 6.54 Å². The average molecular weight is 301 g/mol. The van der Waals surface area contributed by atoms with Crippen LogP contribution in [0.1, 0.15) is 5.56 Å². The fraction of sp³-hybridized carbons (Fsp3) is 0.250. The summed E-state index contributed by atoms with van der Waals surface area (Å²) in [7, 11) is 1.57. The lowest BCUT2D eigenvalue weighted by Crippen LogP contribution is -2.36. The lowest BCUT2D eigenvalue weighted by atomic mass is 10.2. The van der Waals surface area contributed by atoms with Gasteiger partial charge in [-0.25, -0.2) is 4.79 Å². The Labute approximate surface area is 129 Å². The van der Waals surface area contributed by atoms with Crippen molar-refractivity contribution in [2.75, 3.05) is 25.6 Å². The van der Waals surface area contributed by atoms with Gasteiger partial charge in [-0.1, -0.05) is 12.1 Å². The van der Waals surface area contributed by atoms with E-state index in [9.17, 15) is 4.79 Å². The van der Waals surface area contributed by atoms with Crippen LogP contribution in [-0.4, -0.2) is 41.3 Å². The number of hydrogen-bond donors (Lipinski definition) is 2. The van der Waals surface area contributed by atoms with Gasteiger partial charge in [0.25, 0.3) is 0 Å². The predicted molar refractivity (Wildman–Crippen MR) is 83.7 cm³/mol. The first kappa shape index (κ1) is 15.8. The van der Waals surface area contributed by atoms with Gasteiger partial charge < -0.3 is 20.1 Å². The highest BCUT2D eigenvalue weighted by Crippen LogP contribution is 2.17. The first-order valence-electron chi connectivity index (χ1n) is 6.92. The van der Waals surface area contributed by atoms with Crippen molar-refractivity contribution >= 4 is 11.7 Å². The molecular formula is C16H19N3O3. The molecule has 1 heterocycles. The second-order valence-electron chi connectivity index (χ2n) is 4.67. The van der Waals surface area contributed by atoms with Crippen molar-refractivity contribution < 1.29 is 14.6 Å². The number of aromatic nitrogens is 1. The lowest BCUT2D eigenvalue weighted by Gasteiger charge is -2.22. The molecule has 0 atom stereocenters. The van der Waals surface area contributed by atoms with E-state index in [1.54, 1.807) is 43.8 Å². The molecule has 2 N–H and O–H groups in total. The van der Waals surface area contributed by atoms with Gasteiger partial charge in [-0.05, 0) is 23.8 Å². The maximum atomic E-state index is 12.3. The largest absolute Gasteiger partial charge is 0.497 e. The summed E-state index contributed by atoms with van der Waals surface area (Å²) in [5.74, 6) is 0.666. The van der Waals surface area contributed by atoms with Crippen molar-refractivity contribution in [1.29, 1.82) is 0 Å². The third-order valence-corrected chi connectivity index (χ3v) is 3.07. The van der Waals surface area contributed by atoms with E-state index in [0.717, 1.165) is 5.56 Å². The van der Waals surface area contributed by atoms with Gasteiger partial charge in [0.2, 0.25) is 0 Å². The van der Waals surface area contributed by atoms with Crippen LogP contribution in [0.4, 0.5) is 10.5 Å². The van der Waals surface area contributed by atoms with Crippen molar-refractivity contribution in [2.45, 2.75) is 6.54 Å². The van der Waals surface area contributed by atoms with Gasteiger partial charge in [-0.2, -0.15) is 0 Å². The molecule has 2 amide bonds. The summed E-state index contributed by atoms with van der Waals surface area (Å²) in [6, 6.07) is 10.5. The van der Waals surface area contributed by atoms with Crippen LogP contribution >= 0.6 is 0 Å². The zero-order valence-electron chi connectivity index (χ0n) is 12.4. The second kappa shape index (κ2) is 7.99. The molecule has 0 saturated carbocycles. The number of aliphatic hydroxyl groups is 1. The van der Waals surface area contributed by atoms with Crippen LogP contribution in [0.2, 0.25) is 0 Å². The Bertz CT molecular complexity index is 605. The fourth-order valence-electron chi connectivity index (χ4n) is 1.99. The number of nitrogens with zero attached hydrogens (tertiary/aromatic N) is 2. The zero-order valence-corrected chi connectivity index (χ0v) is 12.4. The van der Waals surface area contributed by atoms with Crippen LogP contribution in [0.3, 0.4) is 0 Å². The number of nitrogens with one attached hydrogen (secondary N) is 1. The Morgan fingerprint density at radius 2 is 2.23 bits per heavy atom. The van der Waals surface area contributed by atoms with Gasteiger partial charge in [-0.15, -0.1) is 0 Å². The predicted octanol–water partition coefficient (Wildman–Crippen LogP) is 2.12. The van der Waals surface area contributed by atoms with E-state index in [1.807, 2.05) is 12.1 Å². The molecule has 0 spiro atoms. The number of pyridine rings is 1. The summed E-state index contributed by atoms with van der Waals surface area (Å²) in [6.07, 6.45) is 3.37. The Hall–Kier alpha value is -2.60. The van der Waals surface area contributed by atoms with E-state index in [2.05, 4.69) is 10.3 Å². The third kappa shape index (κ3) is 4.46. The number of ether oxygens (including phenoxy) is 1. The van der Waals surface area contributed by atoms with E-state index in [-0.39, 0.29) is 19.2 Å². The molecule has 2 rings (SSSR count). The van der Waals surface area contributed by atoms with E-state index in [0.29, 0.717) is 18.0 Å². The lowest BCUT2D eigenvalue weighted by molar-refractivity contribution is 0.185. The molecule has 0 radical (unpaired) electrons.